The van der Waals surface area contributed by atoms with Gasteiger partial charge in [-0.3, -0.25) is 19.2 Å². The maximum atomic E-state index is 15.5. The fraction of sp³-hybridized carbons (Fsp3) is 0.309. The van der Waals surface area contributed by atoms with Crippen LogP contribution in [0.2, 0.25) is 0 Å². The van der Waals surface area contributed by atoms with Crippen molar-refractivity contribution in [3.8, 4) is 22.3 Å². The molecule has 0 saturated carbocycles. The number of thioether (sulfide) groups is 2. The van der Waals surface area contributed by atoms with Crippen molar-refractivity contribution < 1.29 is 100.0 Å². The number of piperidine rings is 2. The first-order chi connectivity index (χ1) is 61.1. The molecule has 4 heterocycles. The minimum Gasteiger partial charge on any atom is -0.383 e. The number of aromatic nitrogens is 2. The number of likely N-dealkylation sites (tertiary alicyclic amines) is 2. The van der Waals surface area contributed by atoms with Crippen molar-refractivity contribution in [1.29, 1.82) is 0 Å². The molecule has 0 atom stereocenters. The molecule has 550 valence electrons. The van der Waals surface area contributed by atoms with E-state index in [9.17, 15) is 53.9 Å². The number of para-hydroxylation sites is 1. The monoisotopic (exact) mass is 1510 g/mol. The molecule has 24 heteroatoms. The minimum absolute atomic E-state index is 0.0263. The zero-order chi connectivity index (χ0) is 98.3. The molecule has 105 heavy (non-hydrogen) atoms. The summed E-state index contributed by atoms with van der Waals surface area (Å²) in [6, 6.07) is 2.77. The molecule has 2 saturated heterocycles. The normalized spacial score (nSPS) is 18.7. The summed E-state index contributed by atoms with van der Waals surface area (Å²) in [7, 11) is 1.99. The van der Waals surface area contributed by atoms with E-state index in [0.717, 1.165) is 60.4 Å². The molecular weight excluding hydrogens is 1410 g/mol. The standard InChI is InChI=1S/C41H40F5N3O3S.C40H38F5N3O3S/c1-27-6-15-36-34(22-27)37(50)23-39(53-26-31-4-3-5-35(42)40(31)43)49(36)25-38(51)48(33-16-18-47(19-17-33)20-21-52-2)24-28-7-9-29(10-8-28)30-11-13-32(14-12-30)41(44,45)46;1-51-22-21-46-19-17-32(18-20-46)47(24-27-9-11-28(12-10-27)29-13-15-31(16-14-29)40(43,44)45)37(50)25-48-35-8-3-2-6-33(35)36(49)23-38(48)52-26-30-5-4-7-34(41)39(30)42/h3-15,22-23,33H,16-21,24-26H2,1-2H3;2-16,23,32H,17-22,24-26H2,1H3/i3D,4D,5D,6D,7D,8D,9D,10D,11D,12D,13D,14D,15D,20D2,21D2,22D,23D,26D2;21D2,22D2,26D2. The van der Waals surface area contributed by atoms with E-state index >= 15 is 9.18 Å². The van der Waals surface area contributed by atoms with Gasteiger partial charge in [0.25, 0.3) is 0 Å². The lowest BCUT2D eigenvalue weighted by Gasteiger charge is -2.39. The molecule has 8 aromatic carbocycles. The highest BCUT2D eigenvalue weighted by Gasteiger charge is 2.34. The molecule has 0 aliphatic carbocycles. The van der Waals surface area contributed by atoms with Gasteiger partial charge in [0.2, 0.25) is 11.8 Å². The first-order valence-electron chi connectivity index (χ1n) is 45.4. The summed E-state index contributed by atoms with van der Waals surface area (Å²) < 4.78 is 381. The van der Waals surface area contributed by atoms with Crippen LogP contribution >= 0.6 is 23.5 Å². The minimum atomic E-state index is -5.39. The third-order valence-electron chi connectivity index (χ3n) is 16.8. The van der Waals surface area contributed by atoms with Gasteiger partial charge in [0.1, 0.15) is 13.1 Å². The smallest absolute Gasteiger partial charge is 0.383 e. The summed E-state index contributed by atoms with van der Waals surface area (Å²) in [4.78, 5) is 62.0. The number of alkyl halides is 6. The van der Waals surface area contributed by atoms with Gasteiger partial charge in [0.15, 0.2) is 34.1 Å². The number of ether oxygens (including phenoxy) is 2. The molecule has 2 fully saturated rings. The van der Waals surface area contributed by atoms with Crippen molar-refractivity contribution >= 4 is 57.1 Å². The van der Waals surface area contributed by atoms with Crippen LogP contribution < -0.4 is 10.9 Å². The van der Waals surface area contributed by atoms with Crippen LogP contribution in [0.15, 0.2) is 207 Å². The molecule has 0 unspecified atom stereocenters. The van der Waals surface area contributed by atoms with E-state index in [2.05, 4.69) is 0 Å². The fourth-order valence-corrected chi connectivity index (χ4v) is 13.0. The number of halogens is 10. The second-order valence-corrected chi connectivity index (χ2v) is 25.2. The number of amides is 2. The van der Waals surface area contributed by atoms with Gasteiger partial charge in [-0.1, -0.05) is 121 Å². The summed E-state index contributed by atoms with van der Waals surface area (Å²) in [5.41, 5.74) is -14.4. The maximum absolute atomic E-state index is 15.5. The van der Waals surface area contributed by atoms with Crippen LogP contribution in [0.3, 0.4) is 0 Å². The van der Waals surface area contributed by atoms with Crippen molar-refractivity contribution in [2.45, 2.75) is 105 Å². The van der Waals surface area contributed by atoms with Crippen molar-refractivity contribution in [2.75, 3.05) is 66.5 Å². The number of carbonyl (C=O) groups excluding carboxylic acids is 2. The predicted octanol–water partition coefficient (Wildman–Crippen LogP) is 17.1. The molecule has 0 radical (unpaired) electrons. The lowest BCUT2D eigenvalue weighted by atomic mass is 10.00. The zero-order valence-electron chi connectivity index (χ0n) is 82.6. The van der Waals surface area contributed by atoms with E-state index in [0.29, 0.717) is 33.0 Å². The highest BCUT2D eigenvalue weighted by molar-refractivity contribution is 7.98. The predicted molar refractivity (Wildman–Crippen MR) is 391 cm³/mol. The number of pyridine rings is 2. The van der Waals surface area contributed by atoms with Crippen LogP contribution in [0.5, 0.6) is 0 Å². The van der Waals surface area contributed by atoms with Gasteiger partial charge >= 0.3 is 12.4 Å². The summed E-state index contributed by atoms with van der Waals surface area (Å²) in [6.07, 6.45) is -10.0. The number of hydrogen-bond donors (Lipinski definition) is 0. The topological polar surface area (TPSA) is 110 Å². The molecule has 2 aliphatic rings. The Balaban J connectivity index is 0.000000262. The van der Waals surface area contributed by atoms with Gasteiger partial charge in [-0.25, -0.2) is 17.6 Å². The third-order valence-corrected chi connectivity index (χ3v) is 18.5. The Morgan fingerprint density at radius 1 is 0.524 bits per heavy atom. The van der Waals surface area contributed by atoms with E-state index in [1.54, 1.807) is 53.4 Å². The summed E-state index contributed by atoms with van der Waals surface area (Å²) in [6.45, 7) is -12.9. The lowest BCUT2D eigenvalue weighted by Crippen LogP contribution is -2.48. The van der Waals surface area contributed by atoms with Crippen LogP contribution in [-0.4, -0.2) is 119 Å². The first kappa shape index (κ1) is 48.9. The third kappa shape index (κ3) is 19.5. The SMILES string of the molecule is [2H]C([2H])(Sc1cc(=O)c2ccccc2n1CC(=O)N(Cc1ccc(-c2ccc(C(F)(F)F)cc2)cc1)C1CCN(C([2H])([2H])C([2H])([2H])OC)CC1)c1cccc(F)c1F.[2H]c1c([2H])c(F)c(F)c(C([2H])([2H])Sc2c([2H])c(=O)c3c([2H])c(C)c([2H])c([2H])c3n2CC(=O)N(Cc2c([2H])c([2H])c(-c3c([2H])c([2H])c(C(F)(F)F)c([2H])c3[2H])c([2H])c2[2H])C2CCN(C([2H])([2H])C([2H])([2H])OC)CC2)c1[2H]. The molecule has 12 nitrogen and oxygen atoms in total. The average Bonchev–Trinajstić information content (AvgIpc) is 0.725. The number of rotatable bonds is 24. The molecule has 0 N–H and O–H groups in total. The Kier molecular flexibility index (Phi) is 16.3. The van der Waals surface area contributed by atoms with Gasteiger partial charge < -0.3 is 38.2 Å². The Hall–Kier alpha value is -9.04. The molecule has 0 spiro atoms. The highest BCUT2D eigenvalue weighted by atomic mass is 32.2. The van der Waals surface area contributed by atoms with E-state index in [1.165, 1.54) is 28.5 Å². The second kappa shape index (κ2) is 34.9. The molecule has 0 bridgehead atoms. The summed E-state index contributed by atoms with van der Waals surface area (Å²) in [5, 5.41) is -1.52. The quantitative estimate of drug-likeness (QED) is 0.0428. The highest BCUT2D eigenvalue weighted by Crippen LogP contribution is 2.36. The van der Waals surface area contributed by atoms with E-state index in [4.69, 9.17) is 46.5 Å². The van der Waals surface area contributed by atoms with Gasteiger partial charge in [-0.15, -0.1) is 23.5 Å². The summed E-state index contributed by atoms with van der Waals surface area (Å²) in [5.74, 6) is -8.50. The van der Waals surface area contributed by atoms with Crippen LogP contribution in [0.1, 0.15) is 102 Å². The Morgan fingerprint density at radius 3 is 1.63 bits per heavy atom. The maximum Gasteiger partial charge on any atom is 0.416 e. The molecule has 12 rings (SSSR count). The van der Waals surface area contributed by atoms with E-state index < -0.39 is 273 Å². The zero-order valence-corrected chi connectivity index (χ0v) is 57.2. The molecule has 2 amide bonds. The molecule has 10 aromatic rings. The van der Waals surface area contributed by atoms with Crippen molar-refractivity contribution in [3.05, 3.63) is 270 Å². The van der Waals surface area contributed by atoms with Gasteiger partial charge in [-0.2, -0.15) is 26.3 Å². The van der Waals surface area contributed by atoms with Gasteiger partial charge in [0.05, 0.1) is 71.4 Å². The fourth-order valence-electron chi connectivity index (χ4n) is 11.4. The Bertz CT molecular complexity index is 6240. The van der Waals surface area contributed by atoms with Crippen LogP contribution in [0, 0.1) is 30.2 Å². The first-order valence-corrected chi connectivity index (χ1v) is 33.6. The summed E-state index contributed by atoms with van der Waals surface area (Å²) >= 11 is 0.149. The van der Waals surface area contributed by atoms with Crippen LogP contribution in [-0.2, 0) is 69.0 Å². The average molecular weight is 1510 g/mol. The largest absolute Gasteiger partial charge is 0.416 e. The number of fused-ring (bicyclic) bond motifs is 2. The van der Waals surface area contributed by atoms with E-state index in [-0.39, 0.29) is 91.7 Å². The van der Waals surface area contributed by atoms with Crippen molar-refractivity contribution in [1.82, 2.24) is 28.7 Å². The molecule has 2 aromatic heterocycles. The van der Waals surface area contributed by atoms with Crippen LogP contribution in [0.25, 0.3) is 44.1 Å². The Morgan fingerprint density at radius 2 is 1.05 bits per heavy atom. The Labute approximate surface area is 648 Å². The van der Waals surface area contributed by atoms with Crippen molar-refractivity contribution in [3.63, 3.8) is 0 Å². The van der Waals surface area contributed by atoms with Gasteiger partial charge in [-0.05, 0) is 127 Å². The van der Waals surface area contributed by atoms with Gasteiger partial charge in [0, 0.05) is 135 Å². The lowest BCUT2D eigenvalue weighted by molar-refractivity contribution is -0.138. The number of methoxy groups -OCH3 is 2. The van der Waals surface area contributed by atoms with E-state index in [1.807, 2.05) is 0 Å². The van der Waals surface area contributed by atoms with Crippen molar-refractivity contribution in [2.24, 2.45) is 0 Å². The second-order valence-electron chi connectivity index (χ2n) is 23.6. The number of hydrogen-bond acceptors (Lipinski definition) is 10. The molecular formula is C81H78F10N6O6S2. The number of carbonyl (C=O) groups is 2. The van der Waals surface area contributed by atoms with Crippen LogP contribution in [0.4, 0.5) is 43.9 Å². The number of benzene rings is 8. The number of nitrogens with zero attached hydrogens (tertiary/aromatic N) is 6. The molecule has 2 aliphatic heterocycles.